The highest BCUT2D eigenvalue weighted by molar-refractivity contribution is 9.09. The van der Waals surface area contributed by atoms with E-state index < -0.39 is 0 Å². The summed E-state index contributed by atoms with van der Waals surface area (Å²) >= 11 is 3.58. The fourth-order valence-electron chi connectivity index (χ4n) is 1.56. The maximum absolute atomic E-state index is 13.3. The molecule has 1 atom stereocenters. The SMILES string of the molecule is CC(C)C(Br)CCCc1cc(F)ccc1F. The molecule has 0 aliphatic rings. The number of hydrogen-bond acceptors (Lipinski definition) is 0. The van der Waals surface area contributed by atoms with Gasteiger partial charge in [-0.05, 0) is 48.9 Å². The number of hydrogen-bond donors (Lipinski definition) is 0. The first-order chi connectivity index (χ1) is 7.50. The van der Waals surface area contributed by atoms with Gasteiger partial charge in [0.2, 0.25) is 0 Å². The Morgan fingerprint density at radius 3 is 2.56 bits per heavy atom. The lowest BCUT2D eigenvalue weighted by Crippen LogP contribution is -2.07. The summed E-state index contributed by atoms with van der Waals surface area (Å²) in [4.78, 5) is 0.448. The Kier molecular flexibility index (Phi) is 5.39. The summed E-state index contributed by atoms with van der Waals surface area (Å²) in [6, 6.07) is 3.63. The Morgan fingerprint density at radius 2 is 1.94 bits per heavy atom. The molecule has 0 radical (unpaired) electrons. The van der Waals surface area contributed by atoms with Crippen LogP contribution in [0.3, 0.4) is 0 Å². The highest BCUT2D eigenvalue weighted by Crippen LogP contribution is 2.20. The molecule has 0 heterocycles. The summed E-state index contributed by atoms with van der Waals surface area (Å²) in [5.74, 6) is -0.106. The molecule has 0 N–H and O–H groups in total. The van der Waals surface area contributed by atoms with Crippen molar-refractivity contribution in [1.29, 1.82) is 0 Å². The predicted octanol–water partition coefficient (Wildman–Crippen LogP) is 4.71. The molecule has 1 unspecified atom stereocenters. The van der Waals surface area contributed by atoms with Crippen molar-refractivity contribution >= 4 is 15.9 Å². The maximum atomic E-state index is 13.3. The molecular formula is C13H17BrF2. The summed E-state index contributed by atoms with van der Waals surface area (Å²) in [6.45, 7) is 4.28. The van der Waals surface area contributed by atoms with Crippen LogP contribution in [0.25, 0.3) is 0 Å². The first kappa shape index (κ1) is 13.6. The summed E-state index contributed by atoms with van der Waals surface area (Å²) in [6.07, 6.45) is 2.44. The van der Waals surface area contributed by atoms with Crippen LogP contribution in [0, 0.1) is 17.6 Å². The average molecular weight is 291 g/mol. The van der Waals surface area contributed by atoms with Crippen LogP contribution in [0.5, 0.6) is 0 Å². The molecule has 1 rings (SSSR count). The second-order valence-electron chi connectivity index (χ2n) is 4.39. The third-order valence-electron chi connectivity index (χ3n) is 2.66. The zero-order chi connectivity index (χ0) is 12.1. The predicted molar refractivity (Wildman–Crippen MR) is 66.8 cm³/mol. The van der Waals surface area contributed by atoms with Gasteiger partial charge >= 0.3 is 0 Å². The molecule has 90 valence electrons. The second kappa shape index (κ2) is 6.33. The molecule has 1 aromatic rings. The minimum absolute atomic E-state index is 0.308. The van der Waals surface area contributed by atoms with E-state index in [1.54, 1.807) is 0 Å². The number of rotatable bonds is 5. The molecule has 16 heavy (non-hydrogen) atoms. The fourth-order valence-corrected chi connectivity index (χ4v) is 1.88. The fraction of sp³-hybridized carbons (Fsp3) is 0.538. The Balaban J connectivity index is 2.45. The van der Waals surface area contributed by atoms with Crippen molar-refractivity contribution in [2.75, 3.05) is 0 Å². The molecule has 0 aliphatic carbocycles. The zero-order valence-electron chi connectivity index (χ0n) is 9.64. The normalized spacial score (nSPS) is 13.1. The number of benzene rings is 1. The van der Waals surface area contributed by atoms with Crippen LogP contribution in [0.1, 0.15) is 32.3 Å². The van der Waals surface area contributed by atoms with Gasteiger partial charge in [0.05, 0.1) is 0 Å². The quantitative estimate of drug-likeness (QED) is 0.689. The highest BCUT2D eigenvalue weighted by atomic mass is 79.9. The van der Waals surface area contributed by atoms with E-state index >= 15 is 0 Å². The second-order valence-corrected chi connectivity index (χ2v) is 5.56. The summed E-state index contributed by atoms with van der Waals surface area (Å²) < 4.78 is 26.2. The molecule has 0 bridgehead atoms. The van der Waals surface area contributed by atoms with E-state index in [-0.39, 0.29) is 11.6 Å². The maximum Gasteiger partial charge on any atom is 0.126 e. The third-order valence-corrected chi connectivity index (χ3v) is 4.17. The van der Waals surface area contributed by atoms with E-state index in [4.69, 9.17) is 0 Å². The van der Waals surface area contributed by atoms with Crippen molar-refractivity contribution in [3.63, 3.8) is 0 Å². The Bertz CT molecular complexity index is 337. The van der Waals surface area contributed by atoms with E-state index in [1.807, 2.05) is 0 Å². The Morgan fingerprint density at radius 1 is 1.25 bits per heavy atom. The number of alkyl halides is 1. The standard InChI is InChI=1S/C13H17BrF2/c1-9(2)12(14)5-3-4-10-8-11(15)6-7-13(10)16/h6-9,12H,3-5H2,1-2H3. The molecule has 0 spiro atoms. The van der Waals surface area contributed by atoms with Crippen molar-refractivity contribution in [2.24, 2.45) is 5.92 Å². The van der Waals surface area contributed by atoms with Gasteiger partial charge in [-0.2, -0.15) is 0 Å². The van der Waals surface area contributed by atoms with Crippen molar-refractivity contribution in [3.05, 3.63) is 35.4 Å². The minimum Gasteiger partial charge on any atom is -0.207 e. The molecule has 0 aromatic heterocycles. The van der Waals surface area contributed by atoms with Crippen molar-refractivity contribution < 1.29 is 8.78 Å². The zero-order valence-corrected chi connectivity index (χ0v) is 11.2. The van der Waals surface area contributed by atoms with E-state index in [1.165, 1.54) is 12.1 Å². The largest absolute Gasteiger partial charge is 0.207 e. The van der Waals surface area contributed by atoms with E-state index in [0.717, 1.165) is 18.9 Å². The lowest BCUT2D eigenvalue weighted by molar-refractivity contribution is 0.547. The summed E-state index contributed by atoms with van der Waals surface area (Å²) in [5, 5.41) is 0. The van der Waals surface area contributed by atoms with Gasteiger partial charge < -0.3 is 0 Å². The van der Waals surface area contributed by atoms with Gasteiger partial charge in [-0.15, -0.1) is 0 Å². The Labute approximate surface area is 104 Å². The van der Waals surface area contributed by atoms with Crippen LogP contribution in [0.4, 0.5) is 8.78 Å². The Hall–Kier alpha value is -0.440. The van der Waals surface area contributed by atoms with Crippen LogP contribution in [0.15, 0.2) is 18.2 Å². The van der Waals surface area contributed by atoms with Gasteiger partial charge in [-0.3, -0.25) is 0 Å². The van der Waals surface area contributed by atoms with Crippen molar-refractivity contribution in [3.8, 4) is 0 Å². The lowest BCUT2D eigenvalue weighted by Gasteiger charge is -2.13. The van der Waals surface area contributed by atoms with Gasteiger partial charge in [-0.25, -0.2) is 8.78 Å². The minimum atomic E-state index is -0.365. The first-order valence-corrected chi connectivity index (χ1v) is 6.50. The van der Waals surface area contributed by atoms with Crippen LogP contribution in [-0.2, 0) is 6.42 Å². The number of aryl methyl sites for hydroxylation is 1. The lowest BCUT2D eigenvalue weighted by atomic mass is 10.0. The molecule has 0 saturated heterocycles. The summed E-state index contributed by atoms with van der Waals surface area (Å²) in [7, 11) is 0. The molecular weight excluding hydrogens is 274 g/mol. The molecule has 0 fully saturated rings. The van der Waals surface area contributed by atoms with Gasteiger partial charge in [0.15, 0.2) is 0 Å². The average Bonchev–Trinajstić information content (AvgIpc) is 2.22. The topological polar surface area (TPSA) is 0 Å². The van der Waals surface area contributed by atoms with Crippen molar-refractivity contribution in [2.45, 2.75) is 37.9 Å². The molecule has 3 heteroatoms. The van der Waals surface area contributed by atoms with Gasteiger partial charge in [0, 0.05) is 4.83 Å². The van der Waals surface area contributed by atoms with Crippen molar-refractivity contribution in [1.82, 2.24) is 0 Å². The van der Waals surface area contributed by atoms with Crippen LogP contribution < -0.4 is 0 Å². The van der Waals surface area contributed by atoms with Crippen LogP contribution >= 0.6 is 15.9 Å². The highest BCUT2D eigenvalue weighted by Gasteiger charge is 2.09. The number of halogens is 3. The van der Waals surface area contributed by atoms with Crippen LogP contribution in [0.2, 0.25) is 0 Å². The molecule has 1 aromatic carbocycles. The smallest absolute Gasteiger partial charge is 0.126 e. The van der Waals surface area contributed by atoms with E-state index in [9.17, 15) is 8.78 Å². The molecule has 0 aliphatic heterocycles. The molecule has 0 saturated carbocycles. The first-order valence-electron chi connectivity index (χ1n) is 5.58. The van der Waals surface area contributed by atoms with Gasteiger partial charge in [-0.1, -0.05) is 29.8 Å². The van der Waals surface area contributed by atoms with Gasteiger partial charge in [0.1, 0.15) is 11.6 Å². The van der Waals surface area contributed by atoms with Gasteiger partial charge in [0.25, 0.3) is 0 Å². The van der Waals surface area contributed by atoms with E-state index in [2.05, 4.69) is 29.8 Å². The molecule has 0 amide bonds. The van der Waals surface area contributed by atoms with E-state index in [0.29, 0.717) is 22.7 Å². The molecule has 0 nitrogen and oxygen atoms in total. The summed E-state index contributed by atoms with van der Waals surface area (Å²) in [5.41, 5.74) is 0.475. The van der Waals surface area contributed by atoms with Crippen LogP contribution in [-0.4, -0.2) is 4.83 Å². The monoisotopic (exact) mass is 290 g/mol. The third kappa shape index (κ3) is 4.20.